The van der Waals surface area contributed by atoms with Gasteiger partial charge in [-0.25, -0.2) is 4.79 Å². The first-order chi connectivity index (χ1) is 11.1. The van der Waals surface area contributed by atoms with Crippen LogP contribution in [0.4, 0.5) is 0 Å². The molecule has 1 aliphatic rings. The number of hydrogen-bond donors (Lipinski definition) is 3. The molecule has 0 aliphatic carbocycles. The Morgan fingerprint density at radius 3 is 2.96 bits per heavy atom. The van der Waals surface area contributed by atoms with Gasteiger partial charge in [-0.2, -0.15) is 5.10 Å². The lowest BCUT2D eigenvalue weighted by Crippen LogP contribution is -2.36. The molecule has 0 radical (unpaired) electrons. The Morgan fingerprint density at radius 1 is 1.26 bits per heavy atom. The number of carbonyl (C=O) groups is 2. The van der Waals surface area contributed by atoms with E-state index in [1.807, 2.05) is 0 Å². The van der Waals surface area contributed by atoms with E-state index in [4.69, 9.17) is 5.11 Å². The van der Waals surface area contributed by atoms with E-state index in [0.717, 1.165) is 5.52 Å². The van der Waals surface area contributed by atoms with Crippen molar-refractivity contribution < 1.29 is 14.7 Å². The maximum Gasteiger partial charge on any atom is 0.354 e. The third-order valence-electron chi connectivity index (χ3n) is 4.00. The molecule has 0 saturated heterocycles. The molecule has 0 unspecified atom stereocenters. The van der Waals surface area contributed by atoms with Crippen LogP contribution in [0.5, 0.6) is 0 Å². The number of aromatic carboxylic acids is 1. The molecule has 116 valence electrons. The van der Waals surface area contributed by atoms with Gasteiger partial charge < -0.3 is 10.0 Å². The minimum absolute atomic E-state index is 0.108. The summed E-state index contributed by atoms with van der Waals surface area (Å²) < 4.78 is 0. The zero-order valence-corrected chi connectivity index (χ0v) is 11.9. The highest BCUT2D eigenvalue weighted by atomic mass is 16.4. The number of rotatable bonds is 2. The molecule has 3 heterocycles. The summed E-state index contributed by atoms with van der Waals surface area (Å²) >= 11 is 0. The van der Waals surface area contributed by atoms with Crippen LogP contribution in [0.15, 0.2) is 18.2 Å². The number of hydrogen-bond acceptors (Lipinski definition) is 5. The van der Waals surface area contributed by atoms with E-state index < -0.39 is 5.97 Å². The molecule has 0 spiro atoms. The number of carboxylic acid groups (broad SMARTS) is 1. The van der Waals surface area contributed by atoms with Gasteiger partial charge in [0.15, 0.2) is 0 Å². The van der Waals surface area contributed by atoms with Crippen LogP contribution < -0.4 is 0 Å². The molecule has 9 heteroatoms. The van der Waals surface area contributed by atoms with Crippen LogP contribution in [0, 0.1) is 0 Å². The Morgan fingerprint density at radius 2 is 2.13 bits per heavy atom. The fourth-order valence-electron chi connectivity index (χ4n) is 2.82. The molecule has 3 N–H and O–H groups in total. The molecule has 0 fully saturated rings. The number of amides is 1. The number of carbonyl (C=O) groups excluding carboxylic acids is 1. The standard InChI is InChI=1S/C14H12N6O3/c21-13(7-1-2-9-10(5-7)17-19-16-9)20-4-3-8-11(6-20)15-18-12(8)14(22)23/h1-2,5H,3-4,6H2,(H,15,18)(H,22,23)(H,16,17,19). The van der Waals surface area contributed by atoms with Gasteiger partial charge in [0.25, 0.3) is 5.91 Å². The molecule has 23 heavy (non-hydrogen) atoms. The van der Waals surface area contributed by atoms with Crippen LogP contribution >= 0.6 is 0 Å². The number of aromatic nitrogens is 5. The Labute approximate surface area is 129 Å². The van der Waals surface area contributed by atoms with E-state index in [-0.39, 0.29) is 18.1 Å². The fourth-order valence-corrected chi connectivity index (χ4v) is 2.82. The number of H-pyrrole nitrogens is 2. The lowest BCUT2D eigenvalue weighted by Gasteiger charge is -2.26. The fraction of sp³-hybridized carbons (Fsp3) is 0.214. The smallest absolute Gasteiger partial charge is 0.354 e. The van der Waals surface area contributed by atoms with Crippen molar-refractivity contribution in [3.63, 3.8) is 0 Å². The highest BCUT2D eigenvalue weighted by molar-refractivity contribution is 5.97. The summed E-state index contributed by atoms with van der Waals surface area (Å²) in [5.74, 6) is -1.17. The maximum atomic E-state index is 12.6. The summed E-state index contributed by atoms with van der Waals surface area (Å²) in [4.78, 5) is 25.4. The van der Waals surface area contributed by atoms with Crippen molar-refractivity contribution in [1.82, 2.24) is 30.5 Å². The minimum atomic E-state index is -1.03. The van der Waals surface area contributed by atoms with E-state index in [1.54, 1.807) is 23.1 Å². The van der Waals surface area contributed by atoms with Gasteiger partial charge in [-0.05, 0) is 24.6 Å². The number of fused-ring (bicyclic) bond motifs is 2. The monoisotopic (exact) mass is 312 g/mol. The summed E-state index contributed by atoms with van der Waals surface area (Å²) in [5.41, 5.74) is 3.29. The molecular formula is C14H12N6O3. The van der Waals surface area contributed by atoms with E-state index in [2.05, 4.69) is 25.6 Å². The second-order valence-corrected chi connectivity index (χ2v) is 5.35. The van der Waals surface area contributed by atoms with Crippen LogP contribution in [0.1, 0.15) is 32.1 Å². The Kier molecular flexibility index (Phi) is 2.86. The van der Waals surface area contributed by atoms with Crippen LogP contribution in [0.25, 0.3) is 11.0 Å². The van der Waals surface area contributed by atoms with E-state index in [1.165, 1.54) is 0 Å². The van der Waals surface area contributed by atoms with Crippen molar-refractivity contribution in [1.29, 1.82) is 0 Å². The molecule has 1 aromatic carbocycles. The van der Waals surface area contributed by atoms with Crippen LogP contribution in [0.3, 0.4) is 0 Å². The summed E-state index contributed by atoms with van der Waals surface area (Å²) in [6, 6.07) is 5.16. The summed E-state index contributed by atoms with van der Waals surface area (Å²) in [7, 11) is 0. The average molecular weight is 312 g/mol. The molecular weight excluding hydrogens is 300 g/mol. The first kappa shape index (κ1) is 13.4. The molecule has 4 rings (SSSR count). The van der Waals surface area contributed by atoms with Crippen molar-refractivity contribution in [3.05, 3.63) is 40.7 Å². The van der Waals surface area contributed by atoms with Gasteiger partial charge in [-0.1, -0.05) is 5.21 Å². The van der Waals surface area contributed by atoms with Gasteiger partial charge in [0, 0.05) is 17.7 Å². The number of benzene rings is 1. The first-order valence-corrected chi connectivity index (χ1v) is 7.03. The molecule has 1 amide bonds. The molecule has 2 aromatic heterocycles. The van der Waals surface area contributed by atoms with Gasteiger partial charge in [0.1, 0.15) is 11.2 Å². The van der Waals surface area contributed by atoms with E-state index >= 15 is 0 Å². The van der Waals surface area contributed by atoms with E-state index in [0.29, 0.717) is 35.3 Å². The van der Waals surface area contributed by atoms with Gasteiger partial charge in [0.05, 0.1) is 17.8 Å². The Bertz CT molecular complexity index is 928. The molecule has 3 aromatic rings. The third-order valence-corrected chi connectivity index (χ3v) is 4.00. The normalized spacial score (nSPS) is 14.0. The van der Waals surface area contributed by atoms with Gasteiger partial charge >= 0.3 is 5.97 Å². The quantitative estimate of drug-likeness (QED) is 0.635. The van der Waals surface area contributed by atoms with E-state index in [9.17, 15) is 9.59 Å². The van der Waals surface area contributed by atoms with Crippen molar-refractivity contribution in [2.24, 2.45) is 0 Å². The second-order valence-electron chi connectivity index (χ2n) is 5.35. The van der Waals surface area contributed by atoms with Crippen LogP contribution in [-0.4, -0.2) is 54.0 Å². The number of aromatic amines is 2. The molecule has 1 aliphatic heterocycles. The largest absolute Gasteiger partial charge is 0.477 e. The molecule has 0 saturated carbocycles. The molecule has 0 atom stereocenters. The Hall–Kier alpha value is -3.23. The number of carboxylic acids is 1. The second kappa shape index (κ2) is 4.90. The molecule has 0 bridgehead atoms. The molecule has 9 nitrogen and oxygen atoms in total. The predicted molar refractivity (Wildman–Crippen MR) is 77.9 cm³/mol. The van der Waals surface area contributed by atoms with Crippen molar-refractivity contribution >= 4 is 22.9 Å². The highest BCUT2D eigenvalue weighted by Crippen LogP contribution is 2.22. The maximum absolute atomic E-state index is 12.6. The van der Waals surface area contributed by atoms with Crippen molar-refractivity contribution in [2.45, 2.75) is 13.0 Å². The van der Waals surface area contributed by atoms with Crippen molar-refractivity contribution in [3.8, 4) is 0 Å². The highest BCUT2D eigenvalue weighted by Gasteiger charge is 2.27. The summed E-state index contributed by atoms with van der Waals surface area (Å²) in [5, 5.41) is 26.0. The predicted octanol–water partition coefficient (Wildman–Crippen LogP) is 0.578. The first-order valence-electron chi connectivity index (χ1n) is 7.03. The van der Waals surface area contributed by atoms with Crippen molar-refractivity contribution in [2.75, 3.05) is 6.54 Å². The third kappa shape index (κ3) is 2.13. The van der Waals surface area contributed by atoms with Gasteiger partial charge in [-0.15, -0.1) is 5.10 Å². The van der Waals surface area contributed by atoms with Crippen LogP contribution in [-0.2, 0) is 13.0 Å². The SMILES string of the molecule is O=C(O)c1[nH]nc2c1CCN(C(=O)c1ccc3[nH]nnc3c1)C2. The van der Waals surface area contributed by atoms with Crippen LogP contribution in [0.2, 0.25) is 0 Å². The number of nitrogens with zero attached hydrogens (tertiary/aromatic N) is 4. The summed E-state index contributed by atoms with van der Waals surface area (Å²) in [6.07, 6.45) is 0.464. The topological polar surface area (TPSA) is 128 Å². The summed E-state index contributed by atoms with van der Waals surface area (Å²) in [6.45, 7) is 0.733. The number of nitrogens with one attached hydrogen (secondary N) is 2. The zero-order chi connectivity index (χ0) is 16.0. The Balaban J connectivity index is 1.61. The lowest BCUT2D eigenvalue weighted by atomic mass is 10.0. The zero-order valence-electron chi connectivity index (χ0n) is 11.9. The minimum Gasteiger partial charge on any atom is -0.477 e. The van der Waals surface area contributed by atoms with Gasteiger partial charge in [0.2, 0.25) is 0 Å². The average Bonchev–Trinajstić information content (AvgIpc) is 3.19. The van der Waals surface area contributed by atoms with Gasteiger partial charge in [-0.3, -0.25) is 15.0 Å². The lowest BCUT2D eigenvalue weighted by molar-refractivity contribution is 0.0689.